The van der Waals surface area contributed by atoms with Crippen LogP contribution in [0.15, 0.2) is 0 Å². The normalized spacial score (nSPS) is 4.12. The second kappa shape index (κ2) is 5.94. The standard InChI is InChI=1S/C4N3.Li/c5-1-4(2-6)3-7;/q-1;+1. The molecule has 0 aromatic rings. The van der Waals surface area contributed by atoms with Crippen LogP contribution in [0.4, 0.5) is 0 Å². The van der Waals surface area contributed by atoms with E-state index in [1.165, 1.54) is 18.2 Å². The van der Waals surface area contributed by atoms with Crippen molar-refractivity contribution in [2.75, 3.05) is 0 Å². The number of hydrogen-bond acceptors (Lipinski definition) is 3. The average molecular weight is 97.0 g/mol. The molecule has 0 bridgehead atoms. The van der Waals surface area contributed by atoms with Gasteiger partial charge in [0.1, 0.15) is 0 Å². The van der Waals surface area contributed by atoms with Crippen LogP contribution in [0.5, 0.6) is 0 Å². The van der Waals surface area contributed by atoms with Gasteiger partial charge in [-0.05, 0) is 0 Å². The molecular weight excluding hydrogens is 97.0 g/mol. The van der Waals surface area contributed by atoms with Crippen molar-refractivity contribution in [2.45, 2.75) is 0 Å². The fraction of sp³-hybridized carbons (Fsp3) is 0. The van der Waals surface area contributed by atoms with Gasteiger partial charge in [-0.3, -0.25) is 0 Å². The van der Waals surface area contributed by atoms with Gasteiger partial charge < -0.3 is 0 Å². The fourth-order valence-corrected chi connectivity index (χ4v) is 0.0750. The summed E-state index contributed by atoms with van der Waals surface area (Å²) in [6, 6.07) is 4.19. The molecule has 3 nitrogen and oxygen atoms in total. The van der Waals surface area contributed by atoms with E-state index in [9.17, 15) is 0 Å². The molecule has 0 aromatic heterocycles. The van der Waals surface area contributed by atoms with Gasteiger partial charge in [0.2, 0.25) is 0 Å². The minimum atomic E-state index is -0.403. The van der Waals surface area contributed by atoms with Crippen molar-refractivity contribution in [1.82, 2.24) is 0 Å². The van der Waals surface area contributed by atoms with Crippen molar-refractivity contribution in [3.05, 3.63) is 5.92 Å². The van der Waals surface area contributed by atoms with Crippen molar-refractivity contribution in [1.29, 1.82) is 15.8 Å². The molecule has 0 aliphatic heterocycles. The predicted octanol–water partition coefficient (Wildman–Crippen LogP) is -2.86. The molecule has 0 saturated carbocycles. The molecule has 0 unspecified atom stereocenters. The summed E-state index contributed by atoms with van der Waals surface area (Å²) in [5, 5.41) is 23.4. The minimum absolute atomic E-state index is 0. The smallest absolute Gasteiger partial charge is 0.232 e. The molecule has 0 amide bonds. The fourth-order valence-electron chi connectivity index (χ4n) is 0.0750. The molecule has 0 aromatic carbocycles. The molecule has 0 N–H and O–H groups in total. The SMILES string of the molecule is N#C[C-](C#N)C#N.[Li+]. The molecule has 0 heterocycles. The first-order valence-electron chi connectivity index (χ1n) is 1.42. The first-order chi connectivity index (χ1) is 3.35. The summed E-state index contributed by atoms with van der Waals surface area (Å²) in [6.45, 7) is 0. The molecule has 32 valence electrons. The molecule has 0 radical (unpaired) electrons. The summed E-state index contributed by atoms with van der Waals surface area (Å²) in [5.74, 6) is -0.403. The van der Waals surface area contributed by atoms with Crippen LogP contribution in [0, 0.1) is 39.9 Å². The first kappa shape index (κ1) is 10.0. The zero-order valence-corrected chi connectivity index (χ0v) is 4.34. The van der Waals surface area contributed by atoms with Crippen LogP contribution in [0.1, 0.15) is 0 Å². The molecule has 0 atom stereocenters. The van der Waals surface area contributed by atoms with Gasteiger partial charge in [0.15, 0.2) is 0 Å². The maximum absolute atomic E-state index is 7.79. The van der Waals surface area contributed by atoms with E-state index in [0.717, 1.165) is 0 Å². The molecule has 0 fully saturated rings. The Kier molecular flexibility index (Phi) is 7.45. The predicted molar refractivity (Wildman–Crippen MR) is 20.1 cm³/mol. The van der Waals surface area contributed by atoms with Gasteiger partial charge in [-0.1, -0.05) is 24.1 Å². The monoisotopic (exact) mass is 97.0 g/mol. The summed E-state index contributed by atoms with van der Waals surface area (Å²) in [7, 11) is 0. The van der Waals surface area contributed by atoms with Gasteiger partial charge in [-0.25, -0.2) is 15.8 Å². The van der Waals surface area contributed by atoms with E-state index in [0.29, 0.717) is 0 Å². The van der Waals surface area contributed by atoms with E-state index >= 15 is 0 Å². The van der Waals surface area contributed by atoms with Gasteiger partial charge >= 0.3 is 18.9 Å². The summed E-state index contributed by atoms with van der Waals surface area (Å²) >= 11 is 0. The quantitative estimate of drug-likeness (QED) is 0.241. The van der Waals surface area contributed by atoms with Gasteiger partial charge in [0.25, 0.3) is 0 Å². The maximum Gasteiger partial charge on any atom is 1.00 e. The van der Waals surface area contributed by atoms with Crippen molar-refractivity contribution >= 4 is 0 Å². The zero-order chi connectivity index (χ0) is 5.70. The third-order valence-electron chi connectivity index (χ3n) is 0.335. The number of nitriles is 3. The van der Waals surface area contributed by atoms with E-state index in [1.807, 2.05) is 0 Å². The largest absolute Gasteiger partial charge is 1.00 e. The van der Waals surface area contributed by atoms with Crippen LogP contribution >= 0.6 is 0 Å². The third-order valence-corrected chi connectivity index (χ3v) is 0.335. The minimum Gasteiger partial charge on any atom is -0.232 e. The summed E-state index contributed by atoms with van der Waals surface area (Å²) < 4.78 is 0. The van der Waals surface area contributed by atoms with Crippen molar-refractivity contribution in [3.63, 3.8) is 0 Å². The van der Waals surface area contributed by atoms with Gasteiger partial charge in [0, 0.05) is 0 Å². The molecule has 8 heavy (non-hydrogen) atoms. The van der Waals surface area contributed by atoms with Crippen LogP contribution in [-0.2, 0) is 0 Å². The number of nitrogens with zero attached hydrogens (tertiary/aromatic N) is 3. The maximum atomic E-state index is 7.79. The van der Waals surface area contributed by atoms with Crippen LogP contribution < -0.4 is 18.9 Å². The second-order valence-electron chi connectivity index (χ2n) is 0.710. The molecule has 0 saturated heterocycles. The molecule has 0 aliphatic rings. The van der Waals surface area contributed by atoms with E-state index in [-0.39, 0.29) is 18.9 Å². The topological polar surface area (TPSA) is 71.4 Å². The van der Waals surface area contributed by atoms with Crippen LogP contribution in [0.25, 0.3) is 0 Å². The molecule has 0 aliphatic carbocycles. The summed E-state index contributed by atoms with van der Waals surface area (Å²) in [6.07, 6.45) is 0. The Morgan fingerprint density at radius 2 is 1.12 bits per heavy atom. The first-order valence-corrected chi connectivity index (χ1v) is 1.42. The van der Waals surface area contributed by atoms with Crippen molar-refractivity contribution in [2.24, 2.45) is 0 Å². The van der Waals surface area contributed by atoms with Crippen LogP contribution in [0.3, 0.4) is 0 Å². The molecule has 4 heteroatoms. The summed E-state index contributed by atoms with van der Waals surface area (Å²) in [4.78, 5) is 0. The molecule has 0 rings (SSSR count). The van der Waals surface area contributed by atoms with E-state index in [1.54, 1.807) is 0 Å². The Morgan fingerprint density at radius 3 is 1.12 bits per heavy atom. The van der Waals surface area contributed by atoms with E-state index in [4.69, 9.17) is 15.8 Å². The Labute approximate surface area is 59.3 Å². The van der Waals surface area contributed by atoms with Gasteiger partial charge in [-0.2, -0.15) is 0 Å². The van der Waals surface area contributed by atoms with Crippen molar-refractivity contribution in [3.8, 4) is 18.2 Å². The van der Waals surface area contributed by atoms with E-state index < -0.39 is 5.92 Å². The third kappa shape index (κ3) is 3.14. The Hall–Kier alpha value is -1.06. The van der Waals surface area contributed by atoms with Gasteiger partial charge in [0.05, 0.1) is 0 Å². The van der Waals surface area contributed by atoms with E-state index in [2.05, 4.69) is 0 Å². The van der Waals surface area contributed by atoms with Crippen LogP contribution in [0.2, 0.25) is 0 Å². The Morgan fingerprint density at radius 1 is 0.875 bits per heavy atom. The molecular formula is C4LiN3. The zero-order valence-electron chi connectivity index (χ0n) is 4.34. The average Bonchev–Trinajstić information content (AvgIpc) is 1.72. The number of rotatable bonds is 0. The Bertz CT molecular complexity index is 134. The molecule has 0 spiro atoms. The van der Waals surface area contributed by atoms with Crippen molar-refractivity contribution < 1.29 is 18.9 Å². The second-order valence-corrected chi connectivity index (χ2v) is 0.710. The number of hydrogen-bond donors (Lipinski definition) is 0. The van der Waals surface area contributed by atoms with Gasteiger partial charge in [-0.15, -0.1) is 0 Å². The Balaban J connectivity index is 0. The van der Waals surface area contributed by atoms with Crippen LogP contribution in [-0.4, -0.2) is 0 Å². The summed E-state index contributed by atoms with van der Waals surface area (Å²) in [5.41, 5.74) is 0.